The van der Waals surface area contributed by atoms with Gasteiger partial charge in [-0.05, 0) is 43.7 Å². The number of benzene rings is 1. The Morgan fingerprint density at radius 3 is 2.47 bits per heavy atom. The molecule has 2 saturated heterocycles. The van der Waals surface area contributed by atoms with Crippen LogP contribution in [0.3, 0.4) is 0 Å². The SMILES string of the molecule is O=C1CCC(n2cc3c(F)ccc(SCCCCCCCN4CCC(F)(F)CC4)c3c2)C(=O)N1. The molecule has 2 aliphatic heterocycles. The van der Waals surface area contributed by atoms with Crippen molar-refractivity contribution in [3.05, 3.63) is 30.3 Å². The van der Waals surface area contributed by atoms with Crippen molar-refractivity contribution in [2.45, 2.75) is 74.6 Å². The van der Waals surface area contributed by atoms with Gasteiger partial charge in [-0.3, -0.25) is 14.9 Å². The minimum Gasteiger partial charge on any atom is -0.341 e. The summed E-state index contributed by atoms with van der Waals surface area (Å²) in [4.78, 5) is 26.8. The van der Waals surface area contributed by atoms with Crippen LogP contribution in [0.4, 0.5) is 13.2 Å². The fraction of sp³-hybridized carbons (Fsp3) is 0.600. The van der Waals surface area contributed by atoms with Crippen molar-refractivity contribution in [2.75, 3.05) is 25.4 Å². The minimum atomic E-state index is -2.47. The summed E-state index contributed by atoms with van der Waals surface area (Å²) in [6.07, 6.45) is 9.57. The van der Waals surface area contributed by atoms with Crippen molar-refractivity contribution >= 4 is 34.3 Å². The molecule has 0 bridgehead atoms. The number of unbranched alkanes of at least 4 members (excludes halogenated alkanes) is 4. The summed E-state index contributed by atoms with van der Waals surface area (Å²) in [5.41, 5.74) is 0. The molecule has 0 saturated carbocycles. The number of halogens is 3. The van der Waals surface area contributed by atoms with E-state index in [9.17, 15) is 22.8 Å². The van der Waals surface area contributed by atoms with E-state index in [-0.39, 0.29) is 36.9 Å². The van der Waals surface area contributed by atoms with Crippen LogP contribution in [0.2, 0.25) is 0 Å². The van der Waals surface area contributed by atoms with E-state index in [1.807, 2.05) is 6.20 Å². The average Bonchev–Trinajstić information content (AvgIpc) is 3.24. The van der Waals surface area contributed by atoms with Gasteiger partial charge in [0.25, 0.3) is 5.92 Å². The Morgan fingerprint density at radius 1 is 1.00 bits per heavy atom. The molecular weight excluding hydrogens is 463 g/mol. The monoisotopic (exact) mass is 495 g/mol. The lowest BCUT2D eigenvalue weighted by Crippen LogP contribution is -2.41. The molecule has 1 unspecified atom stereocenters. The predicted molar refractivity (Wildman–Crippen MR) is 128 cm³/mol. The van der Waals surface area contributed by atoms with Gasteiger partial charge in [-0.1, -0.05) is 19.3 Å². The number of alkyl halides is 2. The van der Waals surface area contributed by atoms with Crippen molar-refractivity contribution in [1.82, 2.24) is 14.8 Å². The van der Waals surface area contributed by atoms with Gasteiger partial charge in [-0.25, -0.2) is 13.2 Å². The van der Waals surface area contributed by atoms with E-state index in [4.69, 9.17) is 0 Å². The Labute approximate surface area is 202 Å². The topological polar surface area (TPSA) is 54.3 Å². The number of thioether (sulfide) groups is 1. The highest BCUT2D eigenvalue weighted by molar-refractivity contribution is 7.99. The Kier molecular flexibility index (Phi) is 8.24. The molecule has 34 heavy (non-hydrogen) atoms. The smallest absolute Gasteiger partial charge is 0.250 e. The number of imide groups is 1. The van der Waals surface area contributed by atoms with Crippen LogP contribution in [0.5, 0.6) is 0 Å². The molecule has 2 fully saturated rings. The maximum absolute atomic E-state index is 14.4. The number of piperidine rings is 2. The van der Waals surface area contributed by atoms with Crippen LogP contribution in [0.15, 0.2) is 29.4 Å². The third-order valence-electron chi connectivity index (χ3n) is 6.78. The zero-order chi connectivity index (χ0) is 24.1. The number of nitrogens with one attached hydrogen (secondary N) is 1. The van der Waals surface area contributed by atoms with Gasteiger partial charge < -0.3 is 9.47 Å². The van der Waals surface area contributed by atoms with Gasteiger partial charge in [0, 0.05) is 60.4 Å². The summed E-state index contributed by atoms with van der Waals surface area (Å²) in [5.74, 6) is -2.48. The van der Waals surface area contributed by atoms with E-state index in [2.05, 4.69) is 10.2 Å². The van der Waals surface area contributed by atoms with Crippen molar-refractivity contribution in [3.8, 4) is 0 Å². The number of hydrogen-bond donors (Lipinski definition) is 1. The molecule has 4 rings (SSSR count). The zero-order valence-corrected chi connectivity index (χ0v) is 20.1. The lowest BCUT2D eigenvalue weighted by Gasteiger charge is -2.31. The van der Waals surface area contributed by atoms with E-state index in [1.54, 1.807) is 28.6 Å². The Balaban J connectivity index is 1.20. The number of amides is 2. The van der Waals surface area contributed by atoms with Crippen LogP contribution in [0.25, 0.3) is 10.8 Å². The summed E-state index contributed by atoms with van der Waals surface area (Å²) in [6.45, 7) is 1.91. The summed E-state index contributed by atoms with van der Waals surface area (Å²) >= 11 is 1.69. The molecular formula is C25H32F3N3O2S. The van der Waals surface area contributed by atoms with Gasteiger partial charge >= 0.3 is 0 Å². The van der Waals surface area contributed by atoms with Gasteiger partial charge in [-0.15, -0.1) is 11.8 Å². The molecule has 0 aliphatic carbocycles. The highest BCUT2D eigenvalue weighted by Gasteiger charge is 2.33. The van der Waals surface area contributed by atoms with E-state index in [1.165, 1.54) is 6.07 Å². The first-order valence-corrected chi connectivity index (χ1v) is 13.2. The summed E-state index contributed by atoms with van der Waals surface area (Å²) in [5, 5.41) is 3.64. The highest BCUT2D eigenvalue weighted by Crippen LogP contribution is 2.33. The van der Waals surface area contributed by atoms with Gasteiger partial charge in [0.1, 0.15) is 11.9 Å². The molecule has 1 aromatic carbocycles. The first-order chi connectivity index (χ1) is 16.3. The van der Waals surface area contributed by atoms with Crippen LogP contribution in [-0.4, -0.2) is 52.6 Å². The molecule has 1 N–H and O–H groups in total. The van der Waals surface area contributed by atoms with Crippen LogP contribution in [0, 0.1) is 5.82 Å². The standard InChI is InChI=1S/C25H32F3N3O2S/c26-20-6-8-22(19-17-31(16-18(19)20)21-7-9-23(32)29-24(21)33)34-15-5-3-1-2-4-12-30-13-10-25(27,28)11-14-30/h6,8,16-17,21H,1-5,7,9-15H2,(H,29,32,33). The molecule has 0 spiro atoms. The molecule has 2 aromatic rings. The van der Waals surface area contributed by atoms with E-state index < -0.39 is 12.0 Å². The predicted octanol–water partition coefficient (Wildman–Crippen LogP) is 5.53. The highest BCUT2D eigenvalue weighted by atomic mass is 32.2. The fourth-order valence-electron chi connectivity index (χ4n) is 4.72. The van der Waals surface area contributed by atoms with Gasteiger partial charge in [-0.2, -0.15) is 0 Å². The molecule has 2 aliphatic rings. The van der Waals surface area contributed by atoms with Gasteiger partial charge in [0.15, 0.2) is 0 Å². The third kappa shape index (κ3) is 6.36. The number of hydrogen-bond acceptors (Lipinski definition) is 4. The van der Waals surface area contributed by atoms with Crippen molar-refractivity contribution in [2.24, 2.45) is 0 Å². The molecule has 1 atom stereocenters. The van der Waals surface area contributed by atoms with Crippen LogP contribution in [-0.2, 0) is 9.59 Å². The molecule has 186 valence electrons. The number of rotatable bonds is 10. The largest absolute Gasteiger partial charge is 0.341 e. The Bertz CT molecular complexity index is 1020. The lowest BCUT2D eigenvalue weighted by molar-refractivity contribution is -0.135. The maximum atomic E-state index is 14.4. The third-order valence-corrected chi connectivity index (χ3v) is 7.94. The number of nitrogens with zero attached hydrogens (tertiary/aromatic N) is 2. The molecule has 2 amide bonds. The quantitative estimate of drug-likeness (QED) is 0.267. The number of likely N-dealkylation sites (tertiary alicyclic amines) is 1. The summed E-state index contributed by atoms with van der Waals surface area (Å²) < 4.78 is 42.6. The average molecular weight is 496 g/mol. The first kappa shape index (κ1) is 25.1. The number of aromatic nitrogens is 1. The second-order valence-corrected chi connectivity index (χ2v) is 10.5. The summed E-state index contributed by atoms with van der Waals surface area (Å²) in [7, 11) is 0. The molecule has 0 radical (unpaired) electrons. The van der Waals surface area contributed by atoms with Crippen LogP contribution < -0.4 is 5.32 Å². The van der Waals surface area contributed by atoms with Crippen molar-refractivity contribution in [1.29, 1.82) is 0 Å². The van der Waals surface area contributed by atoms with Crippen molar-refractivity contribution in [3.63, 3.8) is 0 Å². The van der Waals surface area contributed by atoms with E-state index in [0.29, 0.717) is 24.9 Å². The Morgan fingerprint density at radius 2 is 1.71 bits per heavy atom. The van der Waals surface area contributed by atoms with E-state index >= 15 is 0 Å². The fourth-order valence-corrected chi connectivity index (χ4v) is 5.77. The van der Waals surface area contributed by atoms with Crippen LogP contribution >= 0.6 is 11.8 Å². The van der Waals surface area contributed by atoms with Gasteiger partial charge in [0.2, 0.25) is 11.8 Å². The van der Waals surface area contributed by atoms with Crippen molar-refractivity contribution < 1.29 is 22.8 Å². The minimum absolute atomic E-state index is 0.0161. The second kappa shape index (κ2) is 11.2. The van der Waals surface area contributed by atoms with E-state index in [0.717, 1.165) is 54.7 Å². The molecule has 5 nitrogen and oxygen atoms in total. The second-order valence-electron chi connectivity index (χ2n) is 9.36. The number of fused-ring (bicyclic) bond motifs is 1. The molecule has 9 heteroatoms. The molecule has 3 heterocycles. The lowest BCUT2D eigenvalue weighted by atomic mass is 10.1. The normalized spacial score (nSPS) is 21.2. The number of carbonyl (C=O) groups excluding carboxylic acids is 2. The first-order valence-electron chi connectivity index (χ1n) is 12.2. The van der Waals surface area contributed by atoms with Crippen LogP contribution in [0.1, 0.15) is 63.8 Å². The summed E-state index contributed by atoms with van der Waals surface area (Å²) in [6, 6.07) is 2.76. The van der Waals surface area contributed by atoms with Gasteiger partial charge in [0.05, 0.1) is 0 Å². The zero-order valence-electron chi connectivity index (χ0n) is 19.3. The molecule has 1 aromatic heterocycles. The Hall–Kier alpha value is -2.00. The number of carbonyl (C=O) groups is 2. The maximum Gasteiger partial charge on any atom is 0.250 e.